The number of carbonyl (C=O) groups is 1. The number of rotatable bonds is 6. The molecule has 21 heavy (non-hydrogen) atoms. The summed E-state index contributed by atoms with van der Waals surface area (Å²) in [5.41, 5.74) is 4.67. The highest BCUT2D eigenvalue weighted by Gasteiger charge is 2.16. The van der Waals surface area contributed by atoms with Crippen molar-refractivity contribution in [2.45, 2.75) is 53.6 Å². The van der Waals surface area contributed by atoms with Crippen molar-refractivity contribution in [3.8, 4) is 0 Å². The van der Waals surface area contributed by atoms with E-state index in [4.69, 9.17) is 5.11 Å². The van der Waals surface area contributed by atoms with Crippen molar-refractivity contribution in [2.24, 2.45) is 0 Å². The van der Waals surface area contributed by atoms with Crippen LogP contribution in [-0.4, -0.2) is 30.6 Å². The van der Waals surface area contributed by atoms with Gasteiger partial charge in [0.15, 0.2) is 0 Å². The van der Waals surface area contributed by atoms with Gasteiger partial charge in [-0.2, -0.15) is 10.2 Å². The maximum absolute atomic E-state index is 10.9. The predicted molar refractivity (Wildman–Crippen MR) is 79.4 cm³/mol. The van der Waals surface area contributed by atoms with E-state index in [1.165, 1.54) is 0 Å². The van der Waals surface area contributed by atoms with E-state index in [0.29, 0.717) is 6.54 Å². The molecular weight excluding hydrogens is 268 g/mol. The van der Waals surface area contributed by atoms with Gasteiger partial charge < -0.3 is 5.11 Å². The number of nitrogens with zero attached hydrogens (tertiary/aromatic N) is 4. The Morgan fingerprint density at radius 3 is 2.52 bits per heavy atom. The number of aromatic nitrogens is 4. The normalized spacial score (nSPS) is 11.0. The van der Waals surface area contributed by atoms with Gasteiger partial charge in [-0.1, -0.05) is 6.92 Å². The van der Waals surface area contributed by atoms with Gasteiger partial charge in [0, 0.05) is 17.8 Å². The Morgan fingerprint density at radius 1 is 1.24 bits per heavy atom. The molecule has 0 fully saturated rings. The lowest BCUT2D eigenvalue weighted by Gasteiger charge is -2.07. The van der Waals surface area contributed by atoms with Gasteiger partial charge in [0.25, 0.3) is 0 Å². The minimum atomic E-state index is -0.826. The molecule has 0 aliphatic heterocycles. The van der Waals surface area contributed by atoms with Crippen LogP contribution in [0, 0.1) is 13.8 Å². The minimum absolute atomic E-state index is 0.0188. The molecule has 0 atom stereocenters. The second-order valence-corrected chi connectivity index (χ2v) is 5.17. The van der Waals surface area contributed by atoms with Gasteiger partial charge in [0.2, 0.25) is 0 Å². The fourth-order valence-electron chi connectivity index (χ4n) is 2.54. The molecule has 0 radical (unpaired) electrons. The number of aliphatic carboxylic acids is 1. The molecule has 0 spiro atoms. The average Bonchev–Trinajstić information content (AvgIpc) is 2.95. The van der Waals surface area contributed by atoms with Crippen LogP contribution in [0.1, 0.15) is 42.2 Å². The molecule has 0 saturated heterocycles. The molecule has 0 bridgehead atoms. The van der Waals surface area contributed by atoms with Gasteiger partial charge in [-0.25, -0.2) is 0 Å². The van der Waals surface area contributed by atoms with Crippen molar-refractivity contribution in [2.75, 3.05) is 0 Å². The zero-order valence-electron chi connectivity index (χ0n) is 13.1. The summed E-state index contributed by atoms with van der Waals surface area (Å²) in [4.78, 5) is 10.9. The maximum Gasteiger partial charge on any atom is 0.307 e. The predicted octanol–water partition coefficient (Wildman–Crippen LogP) is 1.95. The first-order valence-electron chi connectivity index (χ1n) is 7.26. The molecule has 2 aromatic heterocycles. The second kappa shape index (κ2) is 6.11. The fraction of sp³-hybridized carbons (Fsp3) is 0.533. The lowest BCUT2D eigenvalue weighted by molar-refractivity contribution is -0.136. The second-order valence-electron chi connectivity index (χ2n) is 5.17. The van der Waals surface area contributed by atoms with Crippen molar-refractivity contribution in [3.63, 3.8) is 0 Å². The summed E-state index contributed by atoms with van der Waals surface area (Å²) in [6.07, 6.45) is 0.923. The van der Waals surface area contributed by atoms with E-state index in [1.54, 1.807) is 0 Å². The average molecular weight is 290 g/mol. The van der Waals surface area contributed by atoms with Gasteiger partial charge in [-0.3, -0.25) is 14.2 Å². The Kier molecular flexibility index (Phi) is 4.45. The van der Waals surface area contributed by atoms with E-state index in [2.05, 4.69) is 30.1 Å². The molecule has 2 rings (SSSR count). The zero-order chi connectivity index (χ0) is 15.6. The molecule has 0 saturated carbocycles. The Morgan fingerprint density at radius 2 is 1.95 bits per heavy atom. The highest BCUT2D eigenvalue weighted by molar-refractivity contribution is 5.70. The van der Waals surface area contributed by atoms with Crippen LogP contribution in [-0.2, 0) is 30.7 Å². The third-order valence-electron chi connectivity index (χ3n) is 3.75. The summed E-state index contributed by atoms with van der Waals surface area (Å²) >= 11 is 0. The van der Waals surface area contributed by atoms with Crippen LogP contribution in [0.5, 0.6) is 0 Å². The van der Waals surface area contributed by atoms with Gasteiger partial charge in [-0.05, 0) is 33.3 Å². The molecule has 6 heteroatoms. The first-order chi connectivity index (χ1) is 9.96. The number of hydrogen-bond acceptors (Lipinski definition) is 3. The van der Waals surface area contributed by atoms with E-state index >= 15 is 0 Å². The van der Waals surface area contributed by atoms with Crippen molar-refractivity contribution < 1.29 is 9.90 Å². The smallest absolute Gasteiger partial charge is 0.307 e. The highest BCUT2D eigenvalue weighted by Crippen LogP contribution is 2.16. The van der Waals surface area contributed by atoms with E-state index in [-0.39, 0.29) is 6.42 Å². The summed E-state index contributed by atoms with van der Waals surface area (Å²) in [6, 6.07) is 2.09. The van der Waals surface area contributed by atoms with E-state index in [9.17, 15) is 4.79 Å². The summed E-state index contributed by atoms with van der Waals surface area (Å²) in [7, 11) is 0. The largest absolute Gasteiger partial charge is 0.481 e. The lowest BCUT2D eigenvalue weighted by atomic mass is 10.1. The van der Waals surface area contributed by atoms with Crippen LogP contribution in [0.3, 0.4) is 0 Å². The lowest BCUT2D eigenvalue weighted by Crippen LogP contribution is -2.10. The Hall–Kier alpha value is -2.11. The van der Waals surface area contributed by atoms with Gasteiger partial charge in [0.05, 0.1) is 30.0 Å². The topological polar surface area (TPSA) is 72.9 Å². The standard InChI is InChI=1S/C15H22N4O2/c1-5-12-7-13(18(6-2)17-12)9-19-11(4)14(8-15(20)21)10(3)16-19/h7H,5-6,8-9H2,1-4H3,(H,20,21). The first-order valence-corrected chi connectivity index (χ1v) is 7.26. The molecule has 0 aromatic carbocycles. The highest BCUT2D eigenvalue weighted by atomic mass is 16.4. The fourth-order valence-corrected chi connectivity index (χ4v) is 2.54. The summed E-state index contributed by atoms with van der Waals surface area (Å²) in [5.74, 6) is -0.826. The van der Waals surface area contributed by atoms with Gasteiger partial charge in [-0.15, -0.1) is 0 Å². The number of aryl methyl sites for hydroxylation is 3. The maximum atomic E-state index is 10.9. The van der Waals surface area contributed by atoms with Crippen LogP contribution >= 0.6 is 0 Å². The summed E-state index contributed by atoms with van der Waals surface area (Å²) in [5, 5.41) is 18.0. The number of carboxylic acids is 1. The molecular formula is C15H22N4O2. The molecule has 0 aliphatic carbocycles. The Bertz CT molecular complexity index is 655. The first kappa shape index (κ1) is 15.3. The molecule has 0 amide bonds. The SMILES string of the molecule is CCc1cc(Cn2nc(C)c(CC(=O)O)c2C)n(CC)n1. The quantitative estimate of drug-likeness (QED) is 0.882. The molecule has 1 N–H and O–H groups in total. The summed E-state index contributed by atoms with van der Waals surface area (Å²) < 4.78 is 3.85. The van der Waals surface area contributed by atoms with E-state index < -0.39 is 5.97 Å². The van der Waals surface area contributed by atoms with Crippen molar-refractivity contribution in [1.29, 1.82) is 0 Å². The van der Waals surface area contributed by atoms with Gasteiger partial charge >= 0.3 is 5.97 Å². The van der Waals surface area contributed by atoms with Crippen LogP contribution in [0.25, 0.3) is 0 Å². The van der Waals surface area contributed by atoms with Crippen molar-refractivity contribution >= 4 is 5.97 Å². The Labute approximate surface area is 124 Å². The molecule has 2 heterocycles. The van der Waals surface area contributed by atoms with Crippen LogP contribution in [0.15, 0.2) is 6.07 Å². The number of carboxylic acid groups (broad SMARTS) is 1. The molecule has 2 aromatic rings. The third-order valence-corrected chi connectivity index (χ3v) is 3.75. The van der Waals surface area contributed by atoms with E-state index in [1.807, 2.05) is 23.2 Å². The zero-order valence-corrected chi connectivity index (χ0v) is 13.1. The molecule has 114 valence electrons. The van der Waals surface area contributed by atoms with Crippen molar-refractivity contribution in [1.82, 2.24) is 19.6 Å². The van der Waals surface area contributed by atoms with Crippen LogP contribution < -0.4 is 0 Å². The molecule has 0 unspecified atom stereocenters. The van der Waals surface area contributed by atoms with Crippen LogP contribution in [0.2, 0.25) is 0 Å². The summed E-state index contributed by atoms with van der Waals surface area (Å²) in [6.45, 7) is 9.36. The Balaban J connectivity index is 2.32. The van der Waals surface area contributed by atoms with Gasteiger partial charge in [0.1, 0.15) is 0 Å². The van der Waals surface area contributed by atoms with Crippen molar-refractivity contribution in [3.05, 3.63) is 34.4 Å². The van der Waals surface area contributed by atoms with Crippen LogP contribution in [0.4, 0.5) is 0 Å². The third kappa shape index (κ3) is 3.15. The molecule has 6 nitrogen and oxygen atoms in total. The minimum Gasteiger partial charge on any atom is -0.481 e. The monoisotopic (exact) mass is 290 g/mol. The van der Waals surface area contributed by atoms with E-state index in [0.717, 1.165) is 41.3 Å². The molecule has 0 aliphatic rings. The number of hydrogen-bond donors (Lipinski definition) is 1.